The highest BCUT2D eigenvalue weighted by Gasteiger charge is 2.04. The molecule has 2 aromatic rings. The number of hydrogen-bond acceptors (Lipinski definition) is 3. The predicted molar refractivity (Wildman–Crippen MR) is 84.8 cm³/mol. The molecule has 0 atom stereocenters. The Morgan fingerprint density at radius 3 is 2.40 bits per heavy atom. The number of anilines is 4. The first-order chi connectivity index (χ1) is 9.56. The molecule has 0 spiro atoms. The summed E-state index contributed by atoms with van der Waals surface area (Å²) in [5.41, 5.74) is 3.85. The van der Waals surface area contributed by atoms with Crippen LogP contribution in [0.4, 0.5) is 22.7 Å². The Bertz CT molecular complexity index is 608. The van der Waals surface area contributed by atoms with E-state index in [1.807, 2.05) is 56.6 Å². The zero-order valence-corrected chi connectivity index (χ0v) is 12.0. The van der Waals surface area contributed by atoms with Gasteiger partial charge in [0, 0.05) is 32.4 Å². The normalized spacial score (nSPS) is 9.95. The summed E-state index contributed by atoms with van der Waals surface area (Å²) >= 11 is 0. The summed E-state index contributed by atoms with van der Waals surface area (Å²) in [6.07, 6.45) is 0. The van der Waals surface area contributed by atoms with E-state index in [1.165, 1.54) is 6.92 Å². The number of benzene rings is 2. The SMILES string of the molecule is CC(=O)Nc1cccc(Nc2ccccc2N(C)C)c1. The largest absolute Gasteiger partial charge is 0.376 e. The van der Waals surface area contributed by atoms with Crippen molar-refractivity contribution >= 4 is 28.7 Å². The molecule has 0 bridgehead atoms. The van der Waals surface area contributed by atoms with Crippen LogP contribution in [0.15, 0.2) is 48.5 Å². The van der Waals surface area contributed by atoms with Crippen molar-refractivity contribution in [3.63, 3.8) is 0 Å². The first kappa shape index (κ1) is 13.9. The number of nitrogens with one attached hydrogen (secondary N) is 2. The van der Waals surface area contributed by atoms with E-state index in [9.17, 15) is 4.79 Å². The molecule has 2 rings (SSSR count). The van der Waals surface area contributed by atoms with Gasteiger partial charge in [0.1, 0.15) is 0 Å². The molecule has 0 saturated carbocycles. The minimum absolute atomic E-state index is 0.0733. The lowest BCUT2D eigenvalue weighted by molar-refractivity contribution is -0.114. The molecule has 0 aliphatic rings. The maximum Gasteiger partial charge on any atom is 0.221 e. The zero-order valence-electron chi connectivity index (χ0n) is 12.0. The summed E-state index contributed by atoms with van der Waals surface area (Å²) in [7, 11) is 4.02. The molecule has 0 aliphatic carbocycles. The Morgan fingerprint density at radius 1 is 1.00 bits per heavy atom. The van der Waals surface area contributed by atoms with Crippen molar-refractivity contribution in [3.8, 4) is 0 Å². The second-order valence-electron chi connectivity index (χ2n) is 4.80. The monoisotopic (exact) mass is 269 g/mol. The molecule has 4 heteroatoms. The van der Waals surface area contributed by atoms with Crippen LogP contribution >= 0.6 is 0 Å². The molecule has 0 radical (unpaired) electrons. The van der Waals surface area contributed by atoms with Gasteiger partial charge in [-0.05, 0) is 30.3 Å². The third kappa shape index (κ3) is 3.51. The number of para-hydroxylation sites is 2. The third-order valence-electron chi connectivity index (χ3n) is 2.85. The highest BCUT2D eigenvalue weighted by molar-refractivity contribution is 5.89. The van der Waals surface area contributed by atoms with Crippen LogP contribution in [0.25, 0.3) is 0 Å². The summed E-state index contributed by atoms with van der Waals surface area (Å²) < 4.78 is 0. The lowest BCUT2D eigenvalue weighted by atomic mass is 10.2. The molecule has 0 unspecified atom stereocenters. The van der Waals surface area contributed by atoms with Gasteiger partial charge in [0.2, 0.25) is 5.91 Å². The van der Waals surface area contributed by atoms with Crippen LogP contribution in [0.1, 0.15) is 6.92 Å². The lowest BCUT2D eigenvalue weighted by Gasteiger charge is -2.18. The predicted octanol–water partition coefficient (Wildman–Crippen LogP) is 3.45. The second kappa shape index (κ2) is 6.10. The second-order valence-corrected chi connectivity index (χ2v) is 4.80. The van der Waals surface area contributed by atoms with Crippen LogP contribution in [0.2, 0.25) is 0 Å². The van der Waals surface area contributed by atoms with Gasteiger partial charge in [-0.3, -0.25) is 4.79 Å². The van der Waals surface area contributed by atoms with Crippen molar-refractivity contribution in [1.29, 1.82) is 0 Å². The average molecular weight is 269 g/mol. The van der Waals surface area contributed by atoms with E-state index in [0.717, 1.165) is 22.7 Å². The van der Waals surface area contributed by atoms with Crippen molar-refractivity contribution < 1.29 is 4.79 Å². The molecular formula is C16H19N3O. The fourth-order valence-electron chi connectivity index (χ4n) is 2.00. The fraction of sp³-hybridized carbons (Fsp3) is 0.188. The maximum atomic E-state index is 11.1. The Kier molecular flexibility index (Phi) is 4.25. The van der Waals surface area contributed by atoms with Gasteiger partial charge >= 0.3 is 0 Å². The molecule has 0 heterocycles. The van der Waals surface area contributed by atoms with E-state index in [1.54, 1.807) is 0 Å². The summed E-state index contributed by atoms with van der Waals surface area (Å²) in [5.74, 6) is -0.0733. The standard InChI is InChI=1S/C16H19N3O/c1-12(20)17-13-7-6-8-14(11-13)18-15-9-4-5-10-16(15)19(2)3/h4-11,18H,1-3H3,(H,17,20). The number of carbonyl (C=O) groups is 1. The molecule has 20 heavy (non-hydrogen) atoms. The molecule has 2 aromatic carbocycles. The van der Waals surface area contributed by atoms with Crippen LogP contribution < -0.4 is 15.5 Å². The molecule has 4 nitrogen and oxygen atoms in total. The summed E-state index contributed by atoms with van der Waals surface area (Å²) in [5, 5.41) is 6.15. The Labute approximate surface area is 119 Å². The van der Waals surface area contributed by atoms with Crippen LogP contribution in [-0.2, 0) is 4.79 Å². The molecular weight excluding hydrogens is 250 g/mol. The lowest BCUT2D eigenvalue weighted by Crippen LogP contribution is -2.10. The Morgan fingerprint density at radius 2 is 1.70 bits per heavy atom. The molecule has 2 N–H and O–H groups in total. The molecule has 104 valence electrons. The zero-order chi connectivity index (χ0) is 14.5. The van der Waals surface area contributed by atoms with E-state index in [4.69, 9.17) is 0 Å². The Hall–Kier alpha value is -2.49. The molecule has 0 aromatic heterocycles. The van der Waals surface area contributed by atoms with Crippen molar-refractivity contribution in [2.45, 2.75) is 6.92 Å². The molecule has 0 fully saturated rings. The van der Waals surface area contributed by atoms with Crippen molar-refractivity contribution in [2.24, 2.45) is 0 Å². The number of rotatable bonds is 4. The maximum absolute atomic E-state index is 11.1. The first-order valence-electron chi connectivity index (χ1n) is 6.47. The smallest absolute Gasteiger partial charge is 0.221 e. The summed E-state index contributed by atoms with van der Waals surface area (Å²) in [6, 6.07) is 15.7. The summed E-state index contributed by atoms with van der Waals surface area (Å²) in [6.45, 7) is 1.50. The summed E-state index contributed by atoms with van der Waals surface area (Å²) in [4.78, 5) is 13.1. The van der Waals surface area contributed by atoms with E-state index >= 15 is 0 Å². The van der Waals surface area contributed by atoms with Gasteiger partial charge in [-0.15, -0.1) is 0 Å². The molecule has 1 amide bonds. The number of amides is 1. The van der Waals surface area contributed by atoms with Crippen LogP contribution in [-0.4, -0.2) is 20.0 Å². The third-order valence-corrected chi connectivity index (χ3v) is 2.85. The van der Waals surface area contributed by atoms with Crippen LogP contribution in [0.5, 0.6) is 0 Å². The molecule has 0 saturated heterocycles. The van der Waals surface area contributed by atoms with E-state index in [2.05, 4.69) is 21.6 Å². The number of carbonyl (C=O) groups excluding carboxylic acids is 1. The van der Waals surface area contributed by atoms with Crippen molar-refractivity contribution in [2.75, 3.05) is 29.6 Å². The highest BCUT2D eigenvalue weighted by Crippen LogP contribution is 2.28. The quantitative estimate of drug-likeness (QED) is 0.893. The topological polar surface area (TPSA) is 44.4 Å². The number of hydrogen-bond donors (Lipinski definition) is 2. The van der Waals surface area contributed by atoms with Crippen molar-refractivity contribution in [1.82, 2.24) is 0 Å². The van der Waals surface area contributed by atoms with Gasteiger partial charge in [-0.25, -0.2) is 0 Å². The highest BCUT2D eigenvalue weighted by atomic mass is 16.1. The van der Waals surface area contributed by atoms with E-state index < -0.39 is 0 Å². The van der Waals surface area contributed by atoms with Crippen LogP contribution in [0.3, 0.4) is 0 Å². The van der Waals surface area contributed by atoms with Gasteiger partial charge in [-0.2, -0.15) is 0 Å². The van der Waals surface area contributed by atoms with E-state index in [0.29, 0.717) is 0 Å². The van der Waals surface area contributed by atoms with E-state index in [-0.39, 0.29) is 5.91 Å². The Balaban J connectivity index is 2.24. The first-order valence-corrected chi connectivity index (χ1v) is 6.47. The van der Waals surface area contributed by atoms with Crippen LogP contribution in [0, 0.1) is 0 Å². The van der Waals surface area contributed by atoms with Gasteiger partial charge in [0.05, 0.1) is 11.4 Å². The minimum atomic E-state index is -0.0733. The van der Waals surface area contributed by atoms with Gasteiger partial charge in [-0.1, -0.05) is 18.2 Å². The van der Waals surface area contributed by atoms with Crippen molar-refractivity contribution in [3.05, 3.63) is 48.5 Å². The fourth-order valence-corrected chi connectivity index (χ4v) is 2.00. The van der Waals surface area contributed by atoms with Gasteiger partial charge in [0.15, 0.2) is 0 Å². The number of nitrogens with zero attached hydrogens (tertiary/aromatic N) is 1. The minimum Gasteiger partial charge on any atom is -0.376 e. The van der Waals surface area contributed by atoms with Gasteiger partial charge < -0.3 is 15.5 Å². The average Bonchev–Trinajstić information content (AvgIpc) is 2.38. The molecule has 0 aliphatic heterocycles. The van der Waals surface area contributed by atoms with Gasteiger partial charge in [0.25, 0.3) is 0 Å².